The number of ether oxygens (including phenoxy) is 1. The number of carbonyl (C=O) groups excluding carboxylic acids is 1. The highest BCUT2D eigenvalue weighted by atomic mass is 32.2. The number of amides is 1. The van der Waals surface area contributed by atoms with Gasteiger partial charge >= 0.3 is 6.18 Å². The highest BCUT2D eigenvalue weighted by molar-refractivity contribution is 7.94. The molecule has 1 aliphatic rings. The minimum atomic E-state index is -4.46. The van der Waals surface area contributed by atoms with Crippen molar-refractivity contribution in [1.82, 2.24) is 19.5 Å². The lowest BCUT2D eigenvalue weighted by atomic mass is 9.94. The zero-order chi connectivity index (χ0) is 31.9. The van der Waals surface area contributed by atoms with E-state index in [-0.39, 0.29) is 33.6 Å². The van der Waals surface area contributed by atoms with Crippen LogP contribution in [0.1, 0.15) is 71.7 Å². The summed E-state index contributed by atoms with van der Waals surface area (Å²) in [6.07, 6.45) is -0.229. The Balaban J connectivity index is 2.04. The summed E-state index contributed by atoms with van der Waals surface area (Å²) in [6.45, 7) is 14.6. The zero-order valence-electron chi connectivity index (χ0n) is 24.8. The molecule has 1 saturated heterocycles. The number of nitrogens with zero attached hydrogens (tertiary/aromatic N) is 4. The van der Waals surface area contributed by atoms with Gasteiger partial charge in [-0.05, 0) is 72.1 Å². The number of nitrogens with one attached hydrogen (secondary N) is 1. The molecule has 1 atom stereocenters. The van der Waals surface area contributed by atoms with Crippen LogP contribution in [0.5, 0.6) is 5.88 Å². The molecule has 1 N–H and O–H groups in total. The third kappa shape index (κ3) is 6.96. The van der Waals surface area contributed by atoms with E-state index in [4.69, 9.17) is 22.3 Å². The summed E-state index contributed by atoms with van der Waals surface area (Å²) in [5.74, 6) is -0.464. The molecule has 3 rings (SSSR count). The summed E-state index contributed by atoms with van der Waals surface area (Å²) in [4.78, 5) is 20.0. The molecule has 9 nitrogen and oxygen atoms in total. The first kappa shape index (κ1) is 33.5. The molecule has 0 spiro atoms. The Hall–Kier alpha value is -3.00. The van der Waals surface area contributed by atoms with Crippen LogP contribution in [0.2, 0.25) is 0 Å². The van der Waals surface area contributed by atoms with Crippen molar-refractivity contribution in [3.05, 3.63) is 53.1 Å². The van der Waals surface area contributed by atoms with Gasteiger partial charge < -0.3 is 9.64 Å². The minimum Gasteiger partial charge on any atom is -0.476 e. The Kier molecular flexibility index (Phi) is 9.24. The second kappa shape index (κ2) is 11.6. The third-order valence-corrected chi connectivity index (χ3v) is 9.54. The molecule has 1 fully saturated rings. The Morgan fingerprint density at radius 3 is 2.43 bits per heavy atom. The second-order valence-electron chi connectivity index (χ2n) is 11.8. The molecule has 2 aromatic rings. The van der Waals surface area contributed by atoms with Crippen LogP contribution in [0.25, 0.3) is 5.82 Å². The largest absolute Gasteiger partial charge is 0.476 e. The number of thiol groups is 1. The van der Waals surface area contributed by atoms with Crippen molar-refractivity contribution >= 4 is 34.4 Å². The van der Waals surface area contributed by atoms with Gasteiger partial charge in [0.05, 0.1) is 15.9 Å². The number of hydrogen-bond acceptors (Lipinski definition) is 8. The topological polar surface area (TPSA) is 106 Å². The highest BCUT2D eigenvalue weighted by Gasteiger charge is 2.48. The SMILES string of the molecule is C=C(C)/C(=C\C)S(=O)(=O)NC(=O)c1ccc(-n2ccc(OCC(C)(C)C(F)(F)F)n2)nc1N1CC(S)(CC)CC1(C)C. The summed E-state index contributed by atoms with van der Waals surface area (Å²) in [5.41, 5.74) is -2.32. The van der Waals surface area contributed by atoms with E-state index in [0.717, 1.165) is 20.3 Å². The predicted molar refractivity (Wildman–Crippen MR) is 160 cm³/mol. The molecular formula is C28H38F3N5O4S2. The van der Waals surface area contributed by atoms with Gasteiger partial charge in [0.25, 0.3) is 15.9 Å². The Bertz CT molecular complexity index is 1500. The number of allylic oxidation sites excluding steroid dienone is 2. The van der Waals surface area contributed by atoms with E-state index < -0.39 is 44.4 Å². The molecular weight excluding hydrogens is 591 g/mol. The highest BCUT2D eigenvalue weighted by Crippen LogP contribution is 2.44. The summed E-state index contributed by atoms with van der Waals surface area (Å²) in [5, 5.41) is 4.22. The number of aromatic nitrogens is 3. The van der Waals surface area contributed by atoms with Gasteiger partial charge in [-0.25, -0.2) is 22.8 Å². The normalized spacial score (nSPS) is 19.6. The van der Waals surface area contributed by atoms with Crippen LogP contribution in [0, 0.1) is 5.41 Å². The number of rotatable bonds is 10. The van der Waals surface area contributed by atoms with Gasteiger partial charge in [-0.1, -0.05) is 19.6 Å². The number of alkyl halides is 3. The van der Waals surface area contributed by atoms with Crippen molar-refractivity contribution in [3.8, 4) is 11.7 Å². The standard InChI is InChI=1S/C28H38F3N5O4S2/c1-9-20(18(3)4)42(38,39)34-24(37)19-11-12-21(32-23(19)35-16-27(41,10-2)15-26(35,7)8)36-14-13-22(33-36)40-17-25(5,6)28(29,30)31/h9,11-14,41H,3,10,15-17H2,1-2,4-8H3,(H,34,37)/b20-9+. The molecule has 42 heavy (non-hydrogen) atoms. The van der Waals surface area contributed by atoms with E-state index in [9.17, 15) is 26.4 Å². The fraction of sp³-hybridized carbons (Fsp3) is 0.536. The number of anilines is 1. The number of pyridine rings is 1. The van der Waals surface area contributed by atoms with Crippen LogP contribution < -0.4 is 14.4 Å². The van der Waals surface area contributed by atoms with Crippen LogP contribution in [0.3, 0.4) is 0 Å². The molecule has 1 unspecified atom stereocenters. The summed E-state index contributed by atoms with van der Waals surface area (Å²) >= 11 is 4.89. The van der Waals surface area contributed by atoms with Gasteiger partial charge in [0.15, 0.2) is 5.82 Å². The molecule has 1 aliphatic heterocycles. The minimum absolute atomic E-state index is 0.0109. The smallest absolute Gasteiger partial charge is 0.397 e. The van der Waals surface area contributed by atoms with Crippen molar-refractivity contribution in [1.29, 1.82) is 0 Å². The van der Waals surface area contributed by atoms with E-state index in [1.165, 1.54) is 49.0 Å². The van der Waals surface area contributed by atoms with Gasteiger partial charge in [-0.3, -0.25) is 4.79 Å². The maximum absolute atomic E-state index is 13.5. The first-order chi connectivity index (χ1) is 19.2. The van der Waals surface area contributed by atoms with Gasteiger partial charge in [0.1, 0.15) is 12.4 Å². The van der Waals surface area contributed by atoms with E-state index in [2.05, 4.69) is 16.4 Å². The fourth-order valence-electron chi connectivity index (χ4n) is 4.72. The molecule has 2 aromatic heterocycles. The molecule has 0 aromatic carbocycles. The maximum atomic E-state index is 13.5. The van der Waals surface area contributed by atoms with Gasteiger partial charge in [0.2, 0.25) is 5.88 Å². The molecule has 0 radical (unpaired) electrons. The number of sulfonamides is 1. The average molecular weight is 630 g/mol. The molecule has 0 aliphatic carbocycles. The van der Waals surface area contributed by atoms with Gasteiger partial charge in [0, 0.05) is 29.1 Å². The first-order valence-corrected chi connectivity index (χ1v) is 15.3. The Morgan fingerprint density at radius 1 is 1.26 bits per heavy atom. The summed E-state index contributed by atoms with van der Waals surface area (Å²) < 4.78 is 74.1. The zero-order valence-corrected chi connectivity index (χ0v) is 26.5. The maximum Gasteiger partial charge on any atom is 0.397 e. The number of carbonyl (C=O) groups is 1. The second-order valence-corrected chi connectivity index (χ2v) is 14.4. The van der Waals surface area contributed by atoms with Crippen LogP contribution in [-0.2, 0) is 10.0 Å². The van der Waals surface area contributed by atoms with Crippen LogP contribution in [0.4, 0.5) is 19.0 Å². The monoisotopic (exact) mass is 629 g/mol. The van der Waals surface area contributed by atoms with E-state index in [0.29, 0.717) is 13.0 Å². The van der Waals surface area contributed by atoms with Crippen LogP contribution >= 0.6 is 12.6 Å². The fourth-order valence-corrected chi connectivity index (χ4v) is 6.48. The molecule has 0 saturated carbocycles. The van der Waals surface area contributed by atoms with Crippen molar-refractivity contribution in [3.63, 3.8) is 0 Å². The number of halogens is 3. The quantitative estimate of drug-likeness (QED) is 0.251. The van der Waals surface area contributed by atoms with Crippen LogP contribution in [-0.4, -0.2) is 58.7 Å². The summed E-state index contributed by atoms with van der Waals surface area (Å²) in [7, 11) is -4.22. The van der Waals surface area contributed by atoms with Gasteiger partial charge in [-0.15, -0.1) is 5.10 Å². The first-order valence-electron chi connectivity index (χ1n) is 13.3. The average Bonchev–Trinajstić information content (AvgIpc) is 3.43. The van der Waals surface area contributed by atoms with Crippen molar-refractivity contribution in [2.45, 2.75) is 77.8 Å². The molecule has 0 bridgehead atoms. The lowest BCUT2D eigenvalue weighted by molar-refractivity contribution is -0.219. The lowest BCUT2D eigenvalue weighted by Crippen LogP contribution is -2.41. The number of hydrogen-bond donors (Lipinski definition) is 2. The van der Waals surface area contributed by atoms with E-state index in [1.807, 2.05) is 25.7 Å². The molecule has 232 valence electrons. The van der Waals surface area contributed by atoms with Crippen molar-refractivity contribution in [2.24, 2.45) is 5.41 Å². The van der Waals surface area contributed by atoms with Crippen LogP contribution in [0.15, 0.2) is 47.5 Å². The lowest BCUT2D eigenvalue weighted by Gasteiger charge is -2.33. The third-order valence-electron chi connectivity index (χ3n) is 7.31. The molecule has 14 heteroatoms. The van der Waals surface area contributed by atoms with E-state index >= 15 is 0 Å². The van der Waals surface area contributed by atoms with Crippen molar-refractivity contribution in [2.75, 3.05) is 18.1 Å². The molecule has 1 amide bonds. The Morgan fingerprint density at radius 2 is 1.90 bits per heavy atom. The predicted octanol–water partition coefficient (Wildman–Crippen LogP) is 5.84. The van der Waals surface area contributed by atoms with E-state index in [1.54, 1.807) is 0 Å². The molecule has 3 heterocycles. The summed E-state index contributed by atoms with van der Waals surface area (Å²) in [6, 6.07) is 4.31. The Labute approximate surface area is 250 Å². The van der Waals surface area contributed by atoms with Crippen molar-refractivity contribution < 1.29 is 31.1 Å². The van der Waals surface area contributed by atoms with Gasteiger partial charge in [-0.2, -0.15) is 25.8 Å².